The van der Waals surface area contributed by atoms with Gasteiger partial charge in [0.2, 0.25) is 0 Å². The molecule has 0 aliphatic carbocycles. The van der Waals surface area contributed by atoms with Crippen LogP contribution in [0.3, 0.4) is 0 Å². The zero-order valence-corrected chi connectivity index (χ0v) is 8.99. The van der Waals surface area contributed by atoms with Crippen LogP contribution in [0, 0.1) is 0 Å². The molecule has 0 amide bonds. The zero-order valence-electron chi connectivity index (χ0n) is 8.99. The molecule has 0 saturated carbocycles. The lowest BCUT2D eigenvalue weighted by Gasteiger charge is -2.35. The van der Waals surface area contributed by atoms with Crippen molar-refractivity contribution in [2.24, 2.45) is 0 Å². The quantitative estimate of drug-likeness (QED) is 0.575. The van der Waals surface area contributed by atoms with Crippen molar-refractivity contribution in [1.29, 1.82) is 0 Å². The number of aromatic hydroxyl groups is 2. The highest BCUT2D eigenvalue weighted by molar-refractivity contribution is 5.50. The third-order valence-corrected chi connectivity index (χ3v) is 3.54. The Balaban J connectivity index is 1.96. The van der Waals surface area contributed by atoms with Crippen LogP contribution in [0.15, 0.2) is 12.1 Å². The highest BCUT2D eigenvalue weighted by Crippen LogP contribution is 2.41. The molecule has 0 bridgehead atoms. The molecule has 16 heavy (non-hydrogen) atoms. The van der Waals surface area contributed by atoms with Gasteiger partial charge in [0.15, 0.2) is 11.5 Å². The molecular weight excluding hydrogens is 206 g/mol. The molecule has 2 aliphatic rings. The van der Waals surface area contributed by atoms with Crippen molar-refractivity contribution in [2.45, 2.75) is 24.9 Å². The Hall–Kier alpha value is -1.42. The molecule has 1 aromatic carbocycles. The molecule has 3 N–H and O–H groups in total. The molecule has 3 rings (SSSR count). The Labute approximate surface area is 93.9 Å². The van der Waals surface area contributed by atoms with Crippen LogP contribution in [0.5, 0.6) is 17.2 Å². The number of rotatable bonds is 0. The molecule has 2 heterocycles. The van der Waals surface area contributed by atoms with E-state index in [2.05, 4.69) is 5.32 Å². The monoisotopic (exact) mass is 221 g/mol. The number of nitrogens with one attached hydrogen (secondary N) is 1. The minimum absolute atomic E-state index is 0.0668. The first-order valence-corrected chi connectivity index (χ1v) is 5.63. The minimum Gasteiger partial charge on any atom is -0.504 e. The van der Waals surface area contributed by atoms with Crippen molar-refractivity contribution in [3.8, 4) is 17.2 Å². The van der Waals surface area contributed by atoms with Crippen LogP contribution in [-0.4, -0.2) is 28.9 Å². The molecule has 86 valence electrons. The Morgan fingerprint density at radius 3 is 2.75 bits per heavy atom. The van der Waals surface area contributed by atoms with E-state index in [1.807, 2.05) is 0 Å². The summed E-state index contributed by atoms with van der Waals surface area (Å²) in [5.41, 5.74) is 0.879. The second kappa shape index (κ2) is 3.28. The molecule has 1 saturated heterocycles. The first-order valence-electron chi connectivity index (χ1n) is 5.63. The maximum absolute atomic E-state index is 9.46. The van der Waals surface area contributed by atoms with Gasteiger partial charge in [0, 0.05) is 19.0 Å². The van der Waals surface area contributed by atoms with E-state index in [4.69, 9.17) is 4.74 Å². The van der Waals surface area contributed by atoms with Crippen LogP contribution in [0.2, 0.25) is 0 Å². The fraction of sp³-hybridized carbons (Fsp3) is 0.500. The largest absolute Gasteiger partial charge is 0.504 e. The van der Waals surface area contributed by atoms with Crippen LogP contribution in [0.25, 0.3) is 0 Å². The summed E-state index contributed by atoms with van der Waals surface area (Å²) in [6.45, 7) is 1.85. The number of phenols is 2. The summed E-state index contributed by atoms with van der Waals surface area (Å²) >= 11 is 0. The fourth-order valence-electron chi connectivity index (χ4n) is 2.56. The van der Waals surface area contributed by atoms with E-state index >= 15 is 0 Å². The summed E-state index contributed by atoms with van der Waals surface area (Å²) in [4.78, 5) is 0. The second-order valence-corrected chi connectivity index (χ2v) is 4.66. The van der Waals surface area contributed by atoms with Crippen molar-refractivity contribution in [3.63, 3.8) is 0 Å². The number of benzene rings is 1. The van der Waals surface area contributed by atoms with E-state index in [1.54, 1.807) is 6.07 Å². The van der Waals surface area contributed by atoms with E-state index in [1.165, 1.54) is 6.07 Å². The van der Waals surface area contributed by atoms with Gasteiger partial charge in [-0.25, -0.2) is 0 Å². The van der Waals surface area contributed by atoms with E-state index < -0.39 is 0 Å². The summed E-state index contributed by atoms with van der Waals surface area (Å²) in [5, 5.41) is 22.2. The number of hydrogen-bond donors (Lipinski definition) is 3. The lowest BCUT2D eigenvalue weighted by molar-refractivity contribution is 0.0660. The van der Waals surface area contributed by atoms with Crippen molar-refractivity contribution in [1.82, 2.24) is 5.32 Å². The van der Waals surface area contributed by atoms with Crippen LogP contribution in [0.4, 0.5) is 0 Å². The first kappa shape index (κ1) is 9.78. The predicted molar refractivity (Wildman–Crippen MR) is 58.9 cm³/mol. The summed E-state index contributed by atoms with van der Waals surface area (Å²) < 4.78 is 5.98. The summed E-state index contributed by atoms with van der Waals surface area (Å²) in [6.07, 6.45) is 2.87. The number of hydrogen-bond acceptors (Lipinski definition) is 4. The van der Waals surface area contributed by atoms with E-state index in [9.17, 15) is 10.2 Å². The Morgan fingerprint density at radius 2 is 2.00 bits per heavy atom. The number of fused-ring (bicyclic) bond motifs is 1. The maximum Gasteiger partial charge on any atom is 0.161 e. The van der Waals surface area contributed by atoms with Crippen LogP contribution in [-0.2, 0) is 6.42 Å². The van der Waals surface area contributed by atoms with E-state index in [-0.39, 0.29) is 17.1 Å². The zero-order chi connectivity index (χ0) is 11.2. The molecule has 0 radical (unpaired) electrons. The SMILES string of the molecule is Oc1cc2c(cc1O)OC1(CCNC1)CC2. The van der Waals surface area contributed by atoms with Crippen LogP contribution < -0.4 is 10.1 Å². The van der Waals surface area contributed by atoms with Crippen LogP contribution >= 0.6 is 0 Å². The summed E-state index contributed by atoms with van der Waals surface area (Å²) in [5.74, 6) is 0.537. The molecule has 4 heteroatoms. The van der Waals surface area contributed by atoms with Crippen LogP contribution in [0.1, 0.15) is 18.4 Å². The van der Waals surface area contributed by atoms with Gasteiger partial charge < -0.3 is 20.3 Å². The highest BCUT2D eigenvalue weighted by Gasteiger charge is 2.39. The maximum atomic E-state index is 9.46. The minimum atomic E-state index is -0.109. The van der Waals surface area contributed by atoms with E-state index in [0.29, 0.717) is 5.75 Å². The van der Waals surface area contributed by atoms with Gasteiger partial charge in [0.25, 0.3) is 0 Å². The molecule has 1 aromatic rings. The first-order chi connectivity index (χ1) is 7.69. The number of ether oxygens (including phenoxy) is 1. The van der Waals surface area contributed by atoms with Gasteiger partial charge in [-0.2, -0.15) is 0 Å². The van der Waals surface area contributed by atoms with Crippen molar-refractivity contribution < 1.29 is 14.9 Å². The molecule has 2 aliphatic heterocycles. The molecular formula is C12H15NO3. The predicted octanol–water partition coefficient (Wildman–Crippen LogP) is 1.15. The van der Waals surface area contributed by atoms with Crippen molar-refractivity contribution >= 4 is 0 Å². The molecule has 1 unspecified atom stereocenters. The normalized spacial score (nSPS) is 27.8. The van der Waals surface area contributed by atoms with Gasteiger partial charge in [-0.1, -0.05) is 0 Å². The highest BCUT2D eigenvalue weighted by atomic mass is 16.5. The molecule has 1 atom stereocenters. The van der Waals surface area contributed by atoms with Gasteiger partial charge in [-0.15, -0.1) is 0 Å². The van der Waals surface area contributed by atoms with Gasteiger partial charge in [-0.05, 0) is 31.0 Å². The number of aryl methyl sites for hydroxylation is 1. The fourth-order valence-corrected chi connectivity index (χ4v) is 2.56. The topological polar surface area (TPSA) is 61.7 Å². The van der Waals surface area contributed by atoms with Gasteiger partial charge >= 0.3 is 0 Å². The Kier molecular flexibility index (Phi) is 2.01. The smallest absolute Gasteiger partial charge is 0.161 e. The average Bonchev–Trinajstić information content (AvgIpc) is 2.69. The lowest BCUT2D eigenvalue weighted by Crippen LogP contribution is -2.41. The van der Waals surface area contributed by atoms with Gasteiger partial charge in [0.1, 0.15) is 11.4 Å². The number of phenolic OH excluding ortho intramolecular Hbond substituents is 2. The Bertz CT molecular complexity index is 425. The van der Waals surface area contributed by atoms with Crippen molar-refractivity contribution in [3.05, 3.63) is 17.7 Å². The molecule has 0 aromatic heterocycles. The second-order valence-electron chi connectivity index (χ2n) is 4.66. The van der Waals surface area contributed by atoms with Crippen molar-refractivity contribution in [2.75, 3.05) is 13.1 Å². The summed E-state index contributed by atoms with van der Waals surface area (Å²) in [7, 11) is 0. The third-order valence-electron chi connectivity index (χ3n) is 3.54. The Morgan fingerprint density at radius 1 is 1.19 bits per heavy atom. The van der Waals surface area contributed by atoms with E-state index in [0.717, 1.165) is 37.9 Å². The van der Waals surface area contributed by atoms with Gasteiger partial charge in [0.05, 0.1) is 0 Å². The van der Waals surface area contributed by atoms with Gasteiger partial charge in [-0.3, -0.25) is 0 Å². The molecule has 4 nitrogen and oxygen atoms in total. The standard InChI is InChI=1S/C12H15NO3/c14-9-5-8-1-2-12(3-4-13-7-12)16-11(8)6-10(9)15/h5-6,13-15H,1-4,7H2. The summed E-state index contributed by atoms with van der Waals surface area (Å²) in [6, 6.07) is 3.11. The molecule has 1 spiro atoms. The average molecular weight is 221 g/mol. The third kappa shape index (κ3) is 1.41. The lowest BCUT2D eigenvalue weighted by atomic mass is 9.90. The molecule has 1 fully saturated rings.